The zero-order chi connectivity index (χ0) is 11.0. The lowest BCUT2D eigenvalue weighted by molar-refractivity contribution is 0.257. The second-order valence-electron chi connectivity index (χ2n) is 4.75. The zero-order valence-corrected chi connectivity index (χ0v) is 10.8. The fourth-order valence-corrected chi connectivity index (χ4v) is 1.85. The van der Waals surface area contributed by atoms with Crippen molar-refractivity contribution in [3.63, 3.8) is 0 Å². The molecule has 86 valence electrons. The lowest BCUT2D eigenvalue weighted by Gasteiger charge is -2.22. The van der Waals surface area contributed by atoms with Gasteiger partial charge in [0.2, 0.25) is 0 Å². The van der Waals surface area contributed by atoms with Gasteiger partial charge in [0.1, 0.15) is 0 Å². The van der Waals surface area contributed by atoms with Gasteiger partial charge in [0, 0.05) is 6.54 Å². The van der Waals surface area contributed by atoms with E-state index in [0.717, 1.165) is 11.8 Å². The van der Waals surface area contributed by atoms with Gasteiger partial charge in [-0.2, -0.15) is 0 Å². The minimum Gasteiger partial charge on any atom is -0.306 e. The quantitative estimate of drug-likeness (QED) is 0.575. The van der Waals surface area contributed by atoms with Gasteiger partial charge >= 0.3 is 0 Å². The molecule has 0 aliphatic carbocycles. The highest BCUT2D eigenvalue weighted by Gasteiger charge is 2.07. The monoisotopic (exact) mass is 199 g/mol. The molecule has 1 heteroatoms. The van der Waals surface area contributed by atoms with E-state index >= 15 is 0 Å². The van der Waals surface area contributed by atoms with Gasteiger partial charge in [-0.3, -0.25) is 0 Å². The summed E-state index contributed by atoms with van der Waals surface area (Å²) < 4.78 is 0. The topological polar surface area (TPSA) is 3.24 Å². The van der Waals surface area contributed by atoms with Crippen molar-refractivity contribution in [3.05, 3.63) is 0 Å². The van der Waals surface area contributed by atoms with Crippen LogP contribution in [-0.2, 0) is 0 Å². The smallest absolute Gasteiger partial charge is 0.000387 e. The highest BCUT2D eigenvalue weighted by Crippen LogP contribution is 2.13. The van der Waals surface area contributed by atoms with Gasteiger partial charge < -0.3 is 4.90 Å². The molecular weight excluding hydrogens is 170 g/mol. The van der Waals surface area contributed by atoms with Crippen molar-refractivity contribution in [3.8, 4) is 0 Å². The Hall–Kier alpha value is -0.0400. The Labute approximate surface area is 90.9 Å². The summed E-state index contributed by atoms with van der Waals surface area (Å²) in [4.78, 5) is 2.49. The van der Waals surface area contributed by atoms with Crippen LogP contribution in [0.3, 0.4) is 0 Å². The molecule has 0 aromatic rings. The summed E-state index contributed by atoms with van der Waals surface area (Å²) >= 11 is 0. The van der Waals surface area contributed by atoms with E-state index in [1.54, 1.807) is 0 Å². The maximum Gasteiger partial charge on any atom is 0.000387 e. The van der Waals surface area contributed by atoms with E-state index in [9.17, 15) is 0 Å². The Morgan fingerprint density at radius 3 is 2.00 bits per heavy atom. The van der Waals surface area contributed by atoms with Gasteiger partial charge in [0.25, 0.3) is 0 Å². The Morgan fingerprint density at radius 2 is 1.57 bits per heavy atom. The highest BCUT2D eigenvalue weighted by molar-refractivity contribution is 4.61. The van der Waals surface area contributed by atoms with E-state index in [0.29, 0.717) is 0 Å². The Morgan fingerprint density at radius 1 is 1.00 bits per heavy atom. The molecule has 0 aromatic heterocycles. The van der Waals surface area contributed by atoms with Crippen molar-refractivity contribution in [1.82, 2.24) is 4.90 Å². The van der Waals surface area contributed by atoms with Crippen LogP contribution in [0.1, 0.15) is 53.4 Å². The summed E-state index contributed by atoms with van der Waals surface area (Å²) in [6.45, 7) is 11.8. The SMILES string of the molecule is CCC(C)CN(C)CCC(CC)CC. The summed E-state index contributed by atoms with van der Waals surface area (Å²) in [5.74, 6) is 1.79. The molecule has 0 rings (SSSR count). The average Bonchev–Trinajstić information content (AvgIpc) is 2.19. The van der Waals surface area contributed by atoms with E-state index in [1.165, 1.54) is 38.8 Å². The van der Waals surface area contributed by atoms with Crippen LogP contribution in [0.15, 0.2) is 0 Å². The van der Waals surface area contributed by atoms with Gasteiger partial charge in [0.15, 0.2) is 0 Å². The Balaban J connectivity index is 3.56. The number of hydrogen-bond donors (Lipinski definition) is 0. The van der Waals surface area contributed by atoms with Crippen LogP contribution in [0.4, 0.5) is 0 Å². The van der Waals surface area contributed by atoms with Crippen molar-refractivity contribution in [2.75, 3.05) is 20.1 Å². The first-order valence-corrected chi connectivity index (χ1v) is 6.32. The molecule has 0 bridgehead atoms. The molecule has 0 aliphatic heterocycles. The predicted octanol–water partition coefficient (Wildman–Crippen LogP) is 3.79. The van der Waals surface area contributed by atoms with Crippen LogP contribution in [0.2, 0.25) is 0 Å². The van der Waals surface area contributed by atoms with Crippen molar-refractivity contribution in [1.29, 1.82) is 0 Å². The van der Waals surface area contributed by atoms with E-state index in [1.807, 2.05) is 0 Å². The molecule has 0 radical (unpaired) electrons. The second-order valence-corrected chi connectivity index (χ2v) is 4.75. The summed E-state index contributed by atoms with van der Waals surface area (Å²) in [6, 6.07) is 0. The molecule has 0 heterocycles. The van der Waals surface area contributed by atoms with E-state index < -0.39 is 0 Å². The van der Waals surface area contributed by atoms with E-state index in [2.05, 4.69) is 39.6 Å². The van der Waals surface area contributed by atoms with Crippen molar-refractivity contribution in [2.24, 2.45) is 11.8 Å². The minimum atomic E-state index is 0.849. The molecule has 0 N–H and O–H groups in total. The largest absolute Gasteiger partial charge is 0.306 e. The average molecular weight is 199 g/mol. The summed E-state index contributed by atoms with van der Waals surface area (Å²) in [7, 11) is 2.26. The van der Waals surface area contributed by atoms with Gasteiger partial charge in [-0.25, -0.2) is 0 Å². The molecular formula is C13H29N. The molecule has 1 nitrogen and oxygen atoms in total. The van der Waals surface area contributed by atoms with Gasteiger partial charge in [0.05, 0.1) is 0 Å². The molecule has 0 saturated carbocycles. The molecule has 0 saturated heterocycles. The summed E-state index contributed by atoms with van der Waals surface area (Å²) in [5.41, 5.74) is 0. The van der Waals surface area contributed by atoms with Gasteiger partial charge in [-0.15, -0.1) is 0 Å². The summed E-state index contributed by atoms with van der Waals surface area (Å²) in [6.07, 6.45) is 5.36. The maximum atomic E-state index is 2.49. The number of nitrogens with zero attached hydrogens (tertiary/aromatic N) is 1. The normalized spacial score (nSPS) is 13.9. The standard InChI is InChI=1S/C13H29N/c1-6-12(4)11-14(5)10-9-13(7-2)8-3/h12-13H,6-11H2,1-5H3. The third-order valence-corrected chi connectivity index (χ3v) is 3.39. The third kappa shape index (κ3) is 6.42. The number of hydrogen-bond acceptors (Lipinski definition) is 1. The van der Waals surface area contributed by atoms with Crippen LogP contribution in [0.25, 0.3) is 0 Å². The maximum absolute atomic E-state index is 2.49. The zero-order valence-electron chi connectivity index (χ0n) is 10.8. The van der Waals surface area contributed by atoms with Crippen molar-refractivity contribution < 1.29 is 0 Å². The molecule has 14 heavy (non-hydrogen) atoms. The lowest BCUT2D eigenvalue weighted by Crippen LogP contribution is -2.26. The van der Waals surface area contributed by atoms with Crippen LogP contribution < -0.4 is 0 Å². The first-order valence-electron chi connectivity index (χ1n) is 6.32. The van der Waals surface area contributed by atoms with Gasteiger partial charge in [-0.05, 0) is 31.8 Å². The molecule has 1 unspecified atom stereocenters. The van der Waals surface area contributed by atoms with Crippen molar-refractivity contribution >= 4 is 0 Å². The molecule has 0 aromatic carbocycles. The summed E-state index contributed by atoms with van der Waals surface area (Å²) in [5, 5.41) is 0. The molecule has 0 amide bonds. The molecule has 0 spiro atoms. The van der Waals surface area contributed by atoms with Crippen LogP contribution >= 0.6 is 0 Å². The van der Waals surface area contributed by atoms with Gasteiger partial charge in [-0.1, -0.05) is 47.0 Å². The lowest BCUT2D eigenvalue weighted by atomic mass is 9.99. The first kappa shape index (κ1) is 14.0. The molecule has 0 aliphatic rings. The first-order chi connectivity index (χ1) is 6.63. The third-order valence-electron chi connectivity index (χ3n) is 3.39. The van der Waals surface area contributed by atoms with Crippen molar-refractivity contribution in [2.45, 2.75) is 53.4 Å². The fraction of sp³-hybridized carbons (Fsp3) is 1.00. The molecule has 1 atom stereocenters. The second kappa shape index (κ2) is 8.28. The number of rotatable bonds is 8. The van der Waals surface area contributed by atoms with E-state index in [4.69, 9.17) is 0 Å². The Kier molecular flexibility index (Phi) is 8.26. The Bertz CT molecular complexity index is 118. The van der Waals surface area contributed by atoms with Crippen LogP contribution in [-0.4, -0.2) is 25.0 Å². The fourth-order valence-electron chi connectivity index (χ4n) is 1.85. The predicted molar refractivity (Wildman–Crippen MR) is 65.6 cm³/mol. The minimum absolute atomic E-state index is 0.849. The van der Waals surface area contributed by atoms with E-state index in [-0.39, 0.29) is 0 Å². The van der Waals surface area contributed by atoms with Crippen LogP contribution in [0.5, 0.6) is 0 Å². The highest BCUT2D eigenvalue weighted by atomic mass is 15.1. The van der Waals surface area contributed by atoms with Crippen LogP contribution in [0, 0.1) is 11.8 Å². The molecule has 0 fully saturated rings.